The number of anilines is 2. The number of hydrogen-bond acceptors (Lipinski definition) is 3. The summed E-state index contributed by atoms with van der Waals surface area (Å²) < 4.78 is 28.7. The highest BCUT2D eigenvalue weighted by molar-refractivity contribution is 5.75. The Bertz CT molecular complexity index is 906. The third-order valence-corrected chi connectivity index (χ3v) is 5.73. The minimum absolute atomic E-state index is 0.0353. The van der Waals surface area contributed by atoms with Crippen molar-refractivity contribution in [1.29, 1.82) is 0 Å². The van der Waals surface area contributed by atoms with Gasteiger partial charge in [-0.25, -0.2) is 8.78 Å². The molecule has 0 fully saturated rings. The standard InChI is InChI=1S/C21H26F2N4O/c1-13(2)27-18-8-10-25(14(3)28)12-17(18)21(24-27)26-9-4-5-15-6-7-16(20(22)23)11-19(15)26/h6-7,11,13,20H,4-5,8-10,12H2,1-3H3. The summed E-state index contributed by atoms with van der Waals surface area (Å²) >= 11 is 0. The number of halogens is 2. The smallest absolute Gasteiger partial charge is 0.263 e. The first-order valence-electron chi connectivity index (χ1n) is 9.91. The van der Waals surface area contributed by atoms with Crippen LogP contribution in [0.4, 0.5) is 20.3 Å². The first-order chi connectivity index (χ1) is 13.4. The maximum absolute atomic E-state index is 13.3. The molecule has 2 aliphatic heterocycles. The second kappa shape index (κ2) is 7.18. The van der Waals surface area contributed by atoms with Crippen LogP contribution in [0, 0.1) is 0 Å². The number of alkyl halides is 2. The van der Waals surface area contributed by atoms with Crippen LogP contribution < -0.4 is 4.90 Å². The summed E-state index contributed by atoms with van der Waals surface area (Å²) in [5.41, 5.74) is 4.13. The lowest BCUT2D eigenvalue weighted by molar-refractivity contribution is -0.129. The van der Waals surface area contributed by atoms with Crippen LogP contribution in [0.3, 0.4) is 0 Å². The van der Waals surface area contributed by atoms with E-state index in [0.717, 1.165) is 54.1 Å². The zero-order valence-electron chi connectivity index (χ0n) is 16.6. The summed E-state index contributed by atoms with van der Waals surface area (Å²) in [6.45, 7) is 7.71. The molecule has 1 aromatic carbocycles. The average molecular weight is 388 g/mol. The van der Waals surface area contributed by atoms with E-state index in [9.17, 15) is 13.6 Å². The molecule has 0 aliphatic carbocycles. The predicted octanol–water partition coefficient (Wildman–Crippen LogP) is 4.39. The molecule has 7 heteroatoms. The third kappa shape index (κ3) is 3.16. The highest BCUT2D eigenvalue weighted by Crippen LogP contribution is 2.39. The molecule has 150 valence electrons. The molecular weight excluding hydrogens is 362 g/mol. The van der Waals surface area contributed by atoms with Gasteiger partial charge in [0.15, 0.2) is 5.82 Å². The molecule has 0 saturated heterocycles. The summed E-state index contributed by atoms with van der Waals surface area (Å²) in [5, 5.41) is 4.90. The Morgan fingerprint density at radius 1 is 1.18 bits per heavy atom. The van der Waals surface area contributed by atoms with Gasteiger partial charge in [0, 0.05) is 55.0 Å². The zero-order valence-corrected chi connectivity index (χ0v) is 16.6. The SMILES string of the molecule is CC(=O)N1CCc2c(c(N3CCCc4ccc(C(F)F)cc43)nn2C(C)C)C1. The van der Waals surface area contributed by atoms with Gasteiger partial charge in [-0.05, 0) is 38.3 Å². The maximum Gasteiger partial charge on any atom is 0.263 e. The number of nitrogens with zero attached hydrogens (tertiary/aromatic N) is 4. The molecule has 0 N–H and O–H groups in total. The fourth-order valence-corrected chi connectivity index (χ4v) is 4.29. The second-order valence-corrected chi connectivity index (χ2v) is 7.92. The Labute approximate surface area is 163 Å². The van der Waals surface area contributed by atoms with Crippen LogP contribution in [0.25, 0.3) is 0 Å². The quantitative estimate of drug-likeness (QED) is 0.783. The second-order valence-electron chi connectivity index (χ2n) is 7.92. The van der Waals surface area contributed by atoms with Crippen LogP contribution in [-0.2, 0) is 24.2 Å². The molecule has 2 aliphatic rings. The van der Waals surface area contributed by atoms with Crippen LogP contribution >= 0.6 is 0 Å². The highest BCUT2D eigenvalue weighted by Gasteiger charge is 2.31. The van der Waals surface area contributed by atoms with Gasteiger partial charge in [0.2, 0.25) is 5.91 Å². The van der Waals surface area contributed by atoms with Crippen LogP contribution in [0.2, 0.25) is 0 Å². The van der Waals surface area contributed by atoms with Gasteiger partial charge in [-0.15, -0.1) is 0 Å². The molecule has 28 heavy (non-hydrogen) atoms. The Hall–Kier alpha value is -2.44. The number of aromatic nitrogens is 2. The van der Waals surface area contributed by atoms with E-state index in [4.69, 9.17) is 5.10 Å². The Morgan fingerprint density at radius 2 is 1.96 bits per heavy atom. The first kappa shape index (κ1) is 18.9. The summed E-state index contributed by atoms with van der Waals surface area (Å²) in [6.07, 6.45) is 0.0880. The number of hydrogen-bond donors (Lipinski definition) is 0. The summed E-state index contributed by atoms with van der Waals surface area (Å²) in [6, 6.07) is 5.14. The molecule has 1 amide bonds. The van der Waals surface area contributed by atoms with Gasteiger partial charge in [-0.3, -0.25) is 9.48 Å². The summed E-state index contributed by atoms with van der Waals surface area (Å²) in [5.74, 6) is 0.856. The molecule has 5 nitrogen and oxygen atoms in total. The lowest BCUT2D eigenvalue weighted by atomic mass is 9.98. The number of benzene rings is 1. The Morgan fingerprint density at radius 3 is 2.64 bits per heavy atom. The van der Waals surface area contributed by atoms with Crippen molar-refractivity contribution in [3.63, 3.8) is 0 Å². The van der Waals surface area contributed by atoms with Gasteiger partial charge in [0.1, 0.15) is 0 Å². The van der Waals surface area contributed by atoms with E-state index < -0.39 is 6.43 Å². The molecule has 0 unspecified atom stereocenters. The fourth-order valence-electron chi connectivity index (χ4n) is 4.29. The van der Waals surface area contributed by atoms with Crippen molar-refractivity contribution < 1.29 is 13.6 Å². The van der Waals surface area contributed by atoms with Gasteiger partial charge in [-0.2, -0.15) is 5.10 Å². The molecular formula is C21H26F2N4O. The zero-order chi connectivity index (χ0) is 20.0. The monoisotopic (exact) mass is 388 g/mol. The number of carbonyl (C=O) groups excluding carboxylic acids is 1. The Kier molecular flexibility index (Phi) is 4.85. The fraction of sp³-hybridized carbons (Fsp3) is 0.524. The van der Waals surface area contributed by atoms with Crippen molar-refractivity contribution >= 4 is 17.4 Å². The minimum atomic E-state index is -2.50. The minimum Gasteiger partial charge on any atom is -0.338 e. The lowest BCUT2D eigenvalue weighted by Gasteiger charge is -2.32. The maximum atomic E-state index is 13.3. The largest absolute Gasteiger partial charge is 0.338 e. The summed E-state index contributed by atoms with van der Waals surface area (Å²) in [4.78, 5) is 15.9. The van der Waals surface area contributed by atoms with Crippen molar-refractivity contribution in [3.05, 3.63) is 40.6 Å². The lowest BCUT2D eigenvalue weighted by Crippen LogP contribution is -2.35. The number of amides is 1. The van der Waals surface area contributed by atoms with E-state index in [1.54, 1.807) is 13.0 Å². The van der Waals surface area contributed by atoms with Crippen molar-refractivity contribution in [2.24, 2.45) is 0 Å². The van der Waals surface area contributed by atoms with E-state index in [0.29, 0.717) is 13.1 Å². The van der Waals surface area contributed by atoms with E-state index in [-0.39, 0.29) is 17.5 Å². The van der Waals surface area contributed by atoms with E-state index in [1.807, 2.05) is 15.6 Å². The molecule has 0 bridgehead atoms. The van der Waals surface area contributed by atoms with Crippen molar-refractivity contribution in [2.45, 2.75) is 59.0 Å². The number of aryl methyl sites for hydroxylation is 1. The highest BCUT2D eigenvalue weighted by atomic mass is 19.3. The number of rotatable bonds is 3. The van der Waals surface area contributed by atoms with Gasteiger partial charge < -0.3 is 9.80 Å². The van der Waals surface area contributed by atoms with E-state index in [2.05, 4.69) is 18.7 Å². The predicted molar refractivity (Wildman–Crippen MR) is 104 cm³/mol. The van der Waals surface area contributed by atoms with Crippen LogP contribution in [0.1, 0.15) is 62.0 Å². The number of fused-ring (bicyclic) bond motifs is 2. The molecule has 0 saturated carbocycles. The van der Waals surface area contributed by atoms with Crippen molar-refractivity contribution in [1.82, 2.24) is 14.7 Å². The topological polar surface area (TPSA) is 41.4 Å². The molecule has 0 radical (unpaired) electrons. The van der Waals surface area contributed by atoms with Crippen molar-refractivity contribution in [2.75, 3.05) is 18.0 Å². The normalized spacial score (nSPS) is 16.5. The first-order valence-corrected chi connectivity index (χ1v) is 9.91. The van der Waals surface area contributed by atoms with Crippen LogP contribution in [-0.4, -0.2) is 33.7 Å². The van der Waals surface area contributed by atoms with Gasteiger partial charge in [-0.1, -0.05) is 12.1 Å². The van der Waals surface area contributed by atoms with Gasteiger partial charge in [0.25, 0.3) is 6.43 Å². The molecule has 3 heterocycles. The van der Waals surface area contributed by atoms with Gasteiger partial charge in [0.05, 0.1) is 6.54 Å². The molecule has 0 atom stereocenters. The molecule has 1 aromatic heterocycles. The summed E-state index contributed by atoms with van der Waals surface area (Å²) in [7, 11) is 0. The molecule has 4 rings (SSSR count). The van der Waals surface area contributed by atoms with Crippen LogP contribution in [0.5, 0.6) is 0 Å². The molecule has 2 aromatic rings. The van der Waals surface area contributed by atoms with E-state index in [1.165, 1.54) is 6.07 Å². The van der Waals surface area contributed by atoms with Crippen molar-refractivity contribution in [3.8, 4) is 0 Å². The molecule has 0 spiro atoms. The Balaban J connectivity index is 1.83. The average Bonchev–Trinajstić information content (AvgIpc) is 3.06. The van der Waals surface area contributed by atoms with Gasteiger partial charge >= 0.3 is 0 Å². The van der Waals surface area contributed by atoms with Crippen LogP contribution in [0.15, 0.2) is 18.2 Å². The third-order valence-electron chi connectivity index (χ3n) is 5.73. The van der Waals surface area contributed by atoms with E-state index >= 15 is 0 Å². The number of carbonyl (C=O) groups is 1.